The first kappa shape index (κ1) is 14.7. The number of carbonyl (C=O) groups excluding carboxylic acids is 1. The van der Waals surface area contributed by atoms with Crippen LogP contribution in [0.5, 0.6) is 0 Å². The molecule has 6 heteroatoms. The highest BCUT2D eigenvalue weighted by molar-refractivity contribution is 5.87. The molecule has 18 heavy (non-hydrogen) atoms. The van der Waals surface area contributed by atoms with E-state index in [-0.39, 0.29) is 18.9 Å². The predicted molar refractivity (Wildman–Crippen MR) is 65.9 cm³/mol. The molecule has 102 valence electrons. The first-order chi connectivity index (χ1) is 8.55. The van der Waals surface area contributed by atoms with E-state index < -0.39 is 17.4 Å². The lowest BCUT2D eigenvalue weighted by Gasteiger charge is -2.35. The molecule has 1 saturated heterocycles. The minimum absolute atomic E-state index is 0.193. The van der Waals surface area contributed by atoms with Crippen molar-refractivity contribution in [3.8, 4) is 0 Å². The van der Waals surface area contributed by atoms with E-state index in [4.69, 9.17) is 15.6 Å². The summed E-state index contributed by atoms with van der Waals surface area (Å²) < 4.78 is 5.21. The summed E-state index contributed by atoms with van der Waals surface area (Å²) in [5.74, 6) is -1.37. The summed E-state index contributed by atoms with van der Waals surface area (Å²) in [5, 5.41) is 11.5. The second-order valence-electron chi connectivity index (χ2n) is 4.49. The Hall–Kier alpha value is -1.40. The van der Waals surface area contributed by atoms with Gasteiger partial charge in [0.2, 0.25) is 5.91 Å². The molecule has 0 saturated carbocycles. The molecule has 1 amide bonds. The van der Waals surface area contributed by atoms with E-state index in [0.29, 0.717) is 26.1 Å². The van der Waals surface area contributed by atoms with Gasteiger partial charge >= 0.3 is 5.97 Å². The Morgan fingerprint density at radius 2 is 2.11 bits per heavy atom. The normalized spacial score (nSPS) is 19.8. The van der Waals surface area contributed by atoms with Crippen molar-refractivity contribution >= 4 is 11.9 Å². The number of rotatable bonds is 6. The third-order valence-corrected chi connectivity index (χ3v) is 3.33. The van der Waals surface area contributed by atoms with E-state index in [0.717, 1.165) is 0 Å². The van der Waals surface area contributed by atoms with Gasteiger partial charge in [-0.1, -0.05) is 6.08 Å². The highest BCUT2D eigenvalue weighted by Crippen LogP contribution is 2.29. The number of amides is 1. The van der Waals surface area contributed by atoms with Gasteiger partial charge in [-0.05, 0) is 19.3 Å². The Morgan fingerprint density at radius 1 is 1.50 bits per heavy atom. The van der Waals surface area contributed by atoms with E-state index in [1.54, 1.807) is 0 Å². The minimum atomic E-state index is -1.07. The fourth-order valence-corrected chi connectivity index (χ4v) is 1.99. The predicted octanol–water partition coefficient (Wildman–Crippen LogP) is -0.113. The molecule has 0 bridgehead atoms. The van der Waals surface area contributed by atoms with Crippen LogP contribution in [0.4, 0.5) is 0 Å². The van der Waals surface area contributed by atoms with E-state index >= 15 is 0 Å². The van der Waals surface area contributed by atoms with Crippen molar-refractivity contribution in [3.63, 3.8) is 0 Å². The molecule has 6 nitrogen and oxygen atoms in total. The zero-order chi connectivity index (χ0) is 13.6. The summed E-state index contributed by atoms with van der Waals surface area (Å²) in [6, 6.07) is -0.943. The largest absolute Gasteiger partial charge is 0.480 e. The van der Waals surface area contributed by atoms with Gasteiger partial charge in [-0.2, -0.15) is 0 Å². The molecule has 1 rings (SSSR count). The molecular weight excluding hydrogens is 236 g/mol. The van der Waals surface area contributed by atoms with Crippen LogP contribution in [-0.4, -0.2) is 42.8 Å². The number of carboxylic acid groups (broad SMARTS) is 1. The molecular formula is C12H20N2O4. The molecule has 1 unspecified atom stereocenters. The third-order valence-electron chi connectivity index (χ3n) is 3.33. The highest BCUT2D eigenvalue weighted by atomic mass is 16.5. The molecule has 1 aliphatic rings. The number of nitrogens with one attached hydrogen (secondary N) is 1. The molecule has 0 aliphatic carbocycles. The maximum Gasteiger partial charge on any atom is 0.326 e. The SMILES string of the molecule is C=CCC(NC(=O)C1(CN)CCOCC1)C(=O)O. The summed E-state index contributed by atoms with van der Waals surface area (Å²) in [4.78, 5) is 23.2. The Balaban J connectivity index is 2.71. The molecule has 0 aromatic rings. The van der Waals surface area contributed by atoms with Gasteiger partial charge in [-0.25, -0.2) is 4.79 Å². The Morgan fingerprint density at radius 3 is 2.56 bits per heavy atom. The van der Waals surface area contributed by atoms with Gasteiger partial charge in [0.25, 0.3) is 0 Å². The first-order valence-corrected chi connectivity index (χ1v) is 5.98. The number of nitrogens with two attached hydrogens (primary N) is 1. The first-order valence-electron chi connectivity index (χ1n) is 5.98. The molecule has 1 fully saturated rings. The van der Waals surface area contributed by atoms with Crippen molar-refractivity contribution in [1.29, 1.82) is 0 Å². The number of aliphatic carboxylic acids is 1. The van der Waals surface area contributed by atoms with Crippen molar-refractivity contribution in [2.75, 3.05) is 19.8 Å². The Kier molecular flexibility index (Phi) is 5.30. The monoisotopic (exact) mass is 256 g/mol. The van der Waals surface area contributed by atoms with Crippen LogP contribution in [0.25, 0.3) is 0 Å². The summed E-state index contributed by atoms with van der Waals surface area (Å²) in [6.07, 6.45) is 2.71. The fraction of sp³-hybridized carbons (Fsp3) is 0.667. The van der Waals surface area contributed by atoms with E-state index in [1.165, 1.54) is 6.08 Å². The van der Waals surface area contributed by atoms with Gasteiger partial charge in [-0.3, -0.25) is 4.79 Å². The average Bonchev–Trinajstić information content (AvgIpc) is 2.38. The minimum Gasteiger partial charge on any atom is -0.480 e. The molecule has 1 aliphatic heterocycles. The van der Waals surface area contributed by atoms with Crippen LogP contribution in [0.2, 0.25) is 0 Å². The van der Waals surface area contributed by atoms with E-state index in [1.807, 2.05) is 0 Å². The van der Waals surface area contributed by atoms with Crippen LogP contribution in [0, 0.1) is 5.41 Å². The molecule has 1 heterocycles. The zero-order valence-corrected chi connectivity index (χ0v) is 10.4. The number of hydrogen-bond donors (Lipinski definition) is 3. The van der Waals surface area contributed by atoms with E-state index in [9.17, 15) is 9.59 Å². The van der Waals surface area contributed by atoms with Gasteiger partial charge < -0.3 is 20.9 Å². The van der Waals surface area contributed by atoms with Crippen molar-refractivity contribution < 1.29 is 19.4 Å². The summed E-state index contributed by atoms with van der Waals surface area (Å²) in [7, 11) is 0. The van der Waals surface area contributed by atoms with Crippen molar-refractivity contribution in [3.05, 3.63) is 12.7 Å². The van der Waals surface area contributed by atoms with Crippen molar-refractivity contribution in [2.45, 2.75) is 25.3 Å². The number of carbonyl (C=O) groups is 2. The molecule has 0 aromatic heterocycles. The van der Waals surface area contributed by atoms with Gasteiger partial charge in [0.05, 0.1) is 5.41 Å². The number of ether oxygens (including phenoxy) is 1. The molecule has 0 spiro atoms. The quantitative estimate of drug-likeness (QED) is 0.575. The number of carboxylic acids is 1. The lowest BCUT2D eigenvalue weighted by Crippen LogP contribution is -2.53. The second-order valence-corrected chi connectivity index (χ2v) is 4.49. The summed E-state index contributed by atoms with van der Waals surface area (Å²) in [6.45, 7) is 4.63. The highest BCUT2D eigenvalue weighted by Gasteiger charge is 2.40. The van der Waals surface area contributed by atoms with Crippen LogP contribution in [0.1, 0.15) is 19.3 Å². The zero-order valence-electron chi connectivity index (χ0n) is 10.4. The van der Waals surface area contributed by atoms with Gasteiger partial charge in [-0.15, -0.1) is 6.58 Å². The van der Waals surface area contributed by atoms with Gasteiger partial charge in [0.1, 0.15) is 6.04 Å². The average molecular weight is 256 g/mol. The second kappa shape index (κ2) is 6.51. The molecule has 0 aromatic carbocycles. The van der Waals surface area contributed by atoms with E-state index in [2.05, 4.69) is 11.9 Å². The van der Waals surface area contributed by atoms with Crippen LogP contribution >= 0.6 is 0 Å². The number of hydrogen-bond acceptors (Lipinski definition) is 4. The standard InChI is InChI=1S/C12H20N2O4/c1-2-3-9(10(15)16)14-11(17)12(8-13)4-6-18-7-5-12/h2,9H,1,3-8,13H2,(H,14,17)(H,15,16). The maximum absolute atomic E-state index is 12.2. The van der Waals surface area contributed by atoms with Gasteiger partial charge in [0.15, 0.2) is 0 Å². The van der Waals surface area contributed by atoms with Gasteiger partial charge in [0, 0.05) is 19.8 Å². The fourth-order valence-electron chi connectivity index (χ4n) is 1.99. The smallest absolute Gasteiger partial charge is 0.326 e. The lowest BCUT2D eigenvalue weighted by molar-refractivity contribution is -0.145. The Bertz CT molecular complexity index is 324. The van der Waals surface area contributed by atoms with Crippen LogP contribution < -0.4 is 11.1 Å². The molecule has 4 N–H and O–H groups in total. The maximum atomic E-state index is 12.2. The summed E-state index contributed by atoms with van der Waals surface area (Å²) >= 11 is 0. The van der Waals surface area contributed by atoms with Crippen LogP contribution in [0.15, 0.2) is 12.7 Å². The van der Waals surface area contributed by atoms with Crippen LogP contribution in [-0.2, 0) is 14.3 Å². The topological polar surface area (TPSA) is 102 Å². The molecule has 0 radical (unpaired) electrons. The van der Waals surface area contributed by atoms with Crippen molar-refractivity contribution in [1.82, 2.24) is 5.32 Å². The Labute approximate surface area is 106 Å². The molecule has 1 atom stereocenters. The van der Waals surface area contributed by atoms with Crippen molar-refractivity contribution in [2.24, 2.45) is 11.1 Å². The van der Waals surface area contributed by atoms with Crippen LogP contribution in [0.3, 0.4) is 0 Å². The third kappa shape index (κ3) is 3.30. The summed E-state index contributed by atoms with van der Waals surface area (Å²) in [5.41, 5.74) is 4.98. The lowest BCUT2D eigenvalue weighted by atomic mass is 9.79.